The molecule has 1 unspecified atom stereocenters. The number of aryl methyl sites for hydroxylation is 2. The SMILES string of the molecule is CCN(C(=O)CN1C(=O)NC(C)(c2ccc(F)cc2)C1=O)c1cc(C)ccc1C. The fraction of sp³-hybridized carbons (Fsp3) is 0.318. The number of urea groups is 1. The van der Waals surface area contributed by atoms with Crippen molar-refractivity contribution in [3.8, 4) is 0 Å². The number of rotatable bonds is 5. The molecule has 6 nitrogen and oxygen atoms in total. The molecule has 0 aromatic heterocycles. The van der Waals surface area contributed by atoms with Crippen LogP contribution in [0, 0.1) is 19.7 Å². The molecule has 1 aliphatic rings. The number of benzene rings is 2. The third-order valence-electron chi connectivity index (χ3n) is 5.26. The molecule has 0 saturated carbocycles. The van der Waals surface area contributed by atoms with E-state index in [9.17, 15) is 18.8 Å². The van der Waals surface area contributed by atoms with Crippen LogP contribution >= 0.6 is 0 Å². The first-order valence-corrected chi connectivity index (χ1v) is 9.45. The standard InChI is InChI=1S/C22H24FN3O3/c1-5-25(18-12-14(2)6-7-15(18)3)19(27)13-26-20(28)22(4,24-21(26)29)16-8-10-17(23)11-9-16/h6-12H,5,13H2,1-4H3,(H,24,29). The molecule has 152 valence electrons. The number of amides is 4. The number of halogens is 1. The molecule has 1 N–H and O–H groups in total. The second kappa shape index (κ2) is 7.66. The lowest BCUT2D eigenvalue weighted by atomic mass is 9.92. The highest BCUT2D eigenvalue weighted by Gasteiger charge is 2.49. The Hall–Kier alpha value is -3.22. The summed E-state index contributed by atoms with van der Waals surface area (Å²) in [5.74, 6) is -1.33. The van der Waals surface area contributed by atoms with Crippen LogP contribution < -0.4 is 10.2 Å². The second-order valence-electron chi connectivity index (χ2n) is 7.38. The quantitative estimate of drug-likeness (QED) is 0.788. The van der Waals surface area contributed by atoms with E-state index in [2.05, 4.69) is 5.32 Å². The monoisotopic (exact) mass is 397 g/mol. The molecule has 2 aromatic rings. The van der Waals surface area contributed by atoms with Crippen LogP contribution in [0.2, 0.25) is 0 Å². The number of anilines is 1. The van der Waals surface area contributed by atoms with Gasteiger partial charge in [0.1, 0.15) is 17.9 Å². The van der Waals surface area contributed by atoms with E-state index in [1.807, 2.05) is 39.0 Å². The van der Waals surface area contributed by atoms with E-state index in [1.165, 1.54) is 24.3 Å². The fourth-order valence-corrected chi connectivity index (χ4v) is 3.53. The van der Waals surface area contributed by atoms with Crippen molar-refractivity contribution in [2.45, 2.75) is 33.2 Å². The van der Waals surface area contributed by atoms with Gasteiger partial charge in [0.25, 0.3) is 5.91 Å². The molecule has 3 rings (SSSR count). The van der Waals surface area contributed by atoms with Gasteiger partial charge in [-0.1, -0.05) is 24.3 Å². The summed E-state index contributed by atoms with van der Waals surface area (Å²) in [6.45, 7) is 7.27. The number of likely N-dealkylation sites (N-methyl/N-ethyl adjacent to an activating group) is 1. The van der Waals surface area contributed by atoms with Crippen LogP contribution in [0.15, 0.2) is 42.5 Å². The lowest BCUT2D eigenvalue weighted by molar-refractivity contribution is -0.134. The molecule has 1 fully saturated rings. The maximum atomic E-state index is 13.2. The average molecular weight is 397 g/mol. The second-order valence-corrected chi connectivity index (χ2v) is 7.38. The van der Waals surface area contributed by atoms with Gasteiger partial charge in [0, 0.05) is 12.2 Å². The van der Waals surface area contributed by atoms with Crippen molar-refractivity contribution < 1.29 is 18.8 Å². The van der Waals surface area contributed by atoms with Crippen LogP contribution in [0.1, 0.15) is 30.5 Å². The number of nitrogens with zero attached hydrogens (tertiary/aromatic N) is 2. The first kappa shape index (κ1) is 20.5. The number of carbonyl (C=O) groups is 3. The number of carbonyl (C=O) groups excluding carboxylic acids is 3. The molecule has 29 heavy (non-hydrogen) atoms. The first-order valence-electron chi connectivity index (χ1n) is 9.45. The largest absolute Gasteiger partial charge is 0.325 e. The van der Waals surface area contributed by atoms with E-state index < -0.39 is 23.3 Å². The van der Waals surface area contributed by atoms with Crippen molar-refractivity contribution in [2.24, 2.45) is 0 Å². The van der Waals surface area contributed by atoms with E-state index in [-0.39, 0.29) is 12.5 Å². The molecule has 0 aliphatic carbocycles. The molecule has 1 heterocycles. The summed E-state index contributed by atoms with van der Waals surface area (Å²) in [6, 6.07) is 10.5. The molecule has 0 spiro atoms. The van der Waals surface area contributed by atoms with Gasteiger partial charge in [-0.3, -0.25) is 14.5 Å². The van der Waals surface area contributed by atoms with E-state index >= 15 is 0 Å². The molecular weight excluding hydrogens is 373 g/mol. The molecule has 1 atom stereocenters. The van der Waals surface area contributed by atoms with Crippen LogP contribution in [-0.2, 0) is 15.1 Å². The third-order valence-corrected chi connectivity index (χ3v) is 5.26. The van der Waals surface area contributed by atoms with Gasteiger partial charge in [0.15, 0.2) is 0 Å². The molecule has 4 amide bonds. The van der Waals surface area contributed by atoms with E-state index in [1.54, 1.807) is 11.8 Å². The topological polar surface area (TPSA) is 69.7 Å². The minimum absolute atomic E-state index is 0.354. The number of hydrogen-bond acceptors (Lipinski definition) is 3. The van der Waals surface area contributed by atoms with Gasteiger partial charge < -0.3 is 10.2 Å². The van der Waals surface area contributed by atoms with Crippen LogP contribution in [0.5, 0.6) is 0 Å². The van der Waals surface area contributed by atoms with Crippen molar-refractivity contribution >= 4 is 23.5 Å². The van der Waals surface area contributed by atoms with Gasteiger partial charge in [-0.15, -0.1) is 0 Å². The summed E-state index contributed by atoms with van der Waals surface area (Å²) in [5.41, 5.74) is 1.80. The van der Waals surface area contributed by atoms with Crippen molar-refractivity contribution in [3.63, 3.8) is 0 Å². The Morgan fingerprint density at radius 1 is 1.14 bits per heavy atom. The van der Waals surface area contributed by atoms with Crippen molar-refractivity contribution in [1.82, 2.24) is 10.2 Å². The Morgan fingerprint density at radius 2 is 1.79 bits per heavy atom. The maximum absolute atomic E-state index is 13.2. The average Bonchev–Trinajstić information content (AvgIpc) is 2.89. The number of hydrogen-bond donors (Lipinski definition) is 1. The lowest BCUT2D eigenvalue weighted by Gasteiger charge is -2.26. The fourth-order valence-electron chi connectivity index (χ4n) is 3.53. The Labute approximate surface area is 169 Å². The predicted molar refractivity (Wildman–Crippen MR) is 108 cm³/mol. The van der Waals surface area contributed by atoms with Crippen LogP contribution in [-0.4, -0.2) is 35.8 Å². The zero-order valence-corrected chi connectivity index (χ0v) is 17.0. The molecule has 0 radical (unpaired) electrons. The van der Waals surface area contributed by atoms with Crippen molar-refractivity contribution in [1.29, 1.82) is 0 Å². The summed E-state index contributed by atoms with van der Waals surface area (Å²) in [4.78, 5) is 41.0. The first-order chi connectivity index (χ1) is 13.7. The minimum atomic E-state index is -1.35. The molecule has 1 aliphatic heterocycles. The normalized spacial score (nSPS) is 18.7. The highest BCUT2D eigenvalue weighted by Crippen LogP contribution is 2.29. The predicted octanol–water partition coefficient (Wildman–Crippen LogP) is 3.26. The summed E-state index contributed by atoms with van der Waals surface area (Å²) < 4.78 is 13.2. The number of nitrogens with one attached hydrogen (secondary N) is 1. The Kier molecular flexibility index (Phi) is 5.42. The lowest BCUT2D eigenvalue weighted by Crippen LogP contribution is -2.44. The van der Waals surface area contributed by atoms with Gasteiger partial charge in [0.2, 0.25) is 5.91 Å². The molecule has 0 bridgehead atoms. The maximum Gasteiger partial charge on any atom is 0.325 e. The zero-order chi connectivity index (χ0) is 21.3. The van der Waals surface area contributed by atoms with Gasteiger partial charge in [0.05, 0.1) is 0 Å². The van der Waals surface area contributed by atoms with E-state index in [0.717, 1.165) is 21.7 Å². The summed E-state index contributed by atoms with van der Waals surface area (Å²) in [5, 5.41) is 2.63. The highest BCUT2D eigenvalue weighted by atomic mass is 19.1. The summed E-state index contributed by atoms with van der Waals surface area (Å²) >= 11 is 0. The summed E-state index contributed by atoms with van der Waals surface area (Å²) in [7, 11) is 0. The van der Waals surface area contributed by atoms with Crippen LogP contribution in [0.4, 0.5) is 14.9 Å². The van der Waals surface area contributed by atoms with Gasteiger partial charge >= 0.3 is 6.03 Å². The Morgan fingerprint density at radius 3 is 2.41 bits per heavy atom. The third kappa shape index (κ3) is 3.72. The summed E-state index contributed by atoms with van der Waals surface area (Å²) in [6.07, 6.45) is 0. The Bertz CT molecular complexity index is 974. The minimum Gasteiger partial charge on any atom is -0.319 e. The van der Waals surface area contributed by atoms with Gasteiger partial charge in [-0.2, -0.15) is 0 Å². The molecule has 7 heteroatoms. The highest BCUT2D eigenvalue weighted by molar-refractivity contribution is 6.10. The molecule has 2 aromatic carbocycles. The zero-order valence-electron chi connectivity index (χ0n) is 17.0. The van der Waals surface area contributed by atoms with E-state index in [4.69, 9.17) is 0 Å². The van der Waals surface area contributed by atoms with Crippen LogP contribution in [0.3, 0.4) is 0 Å². The van der Waals surface area contributed by atoms with Crippen molar-refractivity contribution in [2.75, 3.05) is 18.0 Å². The van der Waals surface area contributed by atoms with Crippen LogP contribution in [0.25, 0.3) is 0 Å². The molecular formula is C22H24FN3O3. The van der Waals surface area contributed by atoms with Crippen molar-refractivity contribution in [3.05, 3.63) is 65.0 Å². The Balaban J connectivity index is 1.84. The van der Waals surface area contributed by atoms with Gasteiger partial charge in [-0.25, -0.2) is 9.18 Å². The van der Waals surface area contributed by atoms with E-state index in [0.29, 0.717) is 12.1 Å². The smallest absolute Gasteiger partial charge is 0.319 e. The molecule has 1 saturated heterocycles. The van der Waals surface area contributed by atoms with Gasteiger partial charge in [-0.05, 0) is 62.6 Å². The number of imide groups is 1.